The van der Waals surface area contributed by atoms with Crippen LogP contribution < -0.4 is 16.2 Å². The number of hydrogen-bond donors (Lipinski definition) is 3. The van der Waals surface area contributed by atoms with E-state index >= 15 is 0 Å². The molecule has 0 radical (unpaired) electrons. The summed E-state index contributed by atoms with van der Waals surface area (Å²) in [5.74, 6) is 1.09. The summed E-state index contributed by atoms with van der Waals surface area (Å²) in [7, 11) is 0. The highest BCUT2D eigenvalue weighted by atomic mass is 32.1. The number of nitrogen functional groups attached to an aromatic ring is 1. The van der Waals surface area contributed by atoms with E-state index in [1.165, 1.54) is 11.3 Å². The number of nitrogens with zero attached hydrogens (tertiary/aromatic N) is 2. The zero-order valence-electron chi connectivity index (χ0n) is 15.0. The highest BCUT2D eigenvalue weighted by Crippen LogP contribution is 2.37. The molecule has 0 atom stereocenters. The Kier molecular flexibility index (Phi) is 3.96. The molecule has 1 aliphatic heterocycles. The predicted octanol–water partition coefficient (Wildman–Crippen LogP) is 3.82. The van der Waals surface area contributed by atoms with Crippen LogP contribution in [0.5, 0.6) is 5.75 Å². The van der Waals surface area contributed by atoms with Crippen LogP contribution in [0.1, 0.15) is 25.0 Å². The van der Waals surface area contributed by atoms with Gasteiger partial charge in [-0.3, -0.25) is 5.41 Å². The summed E-state index contributed by atoms with van der Waals surface area (Å²) in [5, 5.41) is 8.23. The van der Waals surface area contributed by atoms with Gasteiger partial charge in [0.2, 0.25) is 5.13 Å². The van der Waals surface area contributed by atoms with Crippen LogP contribution in [0.25, 0.3) is 16.3 Å². The van der Waals surface area contributed by atoms with Gasteiger partial charge < -0.3 is 16.2 Å². The van der Waals surface area contributed by atoms with Crippen molar-refractivity contribution >= 4 is 44.4 Å². The number of benzene rings is 2. The first kappa shape index (κ1) is 17.2. The van der Waals surface area contributed by atoms with Gasteiger partial charge in [-0.1, -0.05) is 23.5 Å². The molecule has 0 amide bonds. The van der Waals surface area contributed by atoms with Gasteiger partial charge in [0, 0.05) is 16.7 Å². The zero-order chi connectivity index (χ0) is 19.2. The van der Waals surface area contributed by atoms with Crippen molar-refractivity contribution in [1.82, 2.24) is 4.98 Å². The SMILES string of the molecule is CC1(C)Oc2ccc(C(=N)N)cc2C=C1/C(N)=N/c1nc2ccccc2s1. The molecule has 7 heteroatoms. The van der Waals surface area contributed by atoms with Crippen molar-refractivity contribution in [3.8, 4) is 5.75 Å². The summed E-state index contributed by atoms with van der Waals surface area (Å²) in [4.78, 5) is 9.05. The second kappa shape index (κ2) is 6.21. The molecule has 0 aliphatic carbocycles. The van der Waals surface area contributed by atoms with Gasteiger partial charge >= 0.3 is 0 Å². The average Bonchev–Trinajstić information content (AvgIpc) is 3.02. The van der Waals surface area contributed by atoms with Gasteiger partial charge in [-0.05, 0) is 50.3 Å². The van der Waals surface area contributed by atoms with Crippen molar-refractivity contribution in [2.24, 2.45) is 16.5 Å². The second-order valence-electron chi connectivity index (χ2n) is 6.80. The standard InChI is InChI=1S/C20H19N5OS/c1-20(2)13(10-12-9-11(17(21)22)7-8-15(12)26-20)18(23)25-19-24-14-5-3-4-6-16(14)27-19/h3-10H,1-2H3,(H3,21,22)(H2,23,24,25). The number of aliphatic imine (C=N–C) groups is 1. The molecule has 6 nitrogen and oxygen atoms in total. The van der Waals surface area contributed by atoms with Crippen molar-refractivity contribution in [1.29, 1.82) is 5.41 Å². The van der Waals surface area contributed by atoms with E-state index in [2.05, 4.69) is 9.98 Å². The van der Waals surface area contributed by atoms with Gasteiger partial charge in [-0.15, -0.1) is 0 Å². The molecule has 5 N–H and O–H groups in total. The Morgan fingerprint density at radius 2 is 1.96 bits per heavy atom. The summed E-state index contributed by atoms with van der Waals surface area (Å²) < 4.78 is 7.19. The van der Waals surface area contributed by atoms with Gasteiger partial charge in [-0.25, -0.2) is 9.98 Å². The number of ether oxygens (including phenoxy) is 1. The summed E-state index contributed by atoms with van der Waals surface area (Å²) in [6.45, 7) is 3.89. The maximum Gasteiger partial charge on any atom is 0.212 e. The first-order chi connectivity index (χ1) is 12.8. The molecule has 2 heterocycles. The smallest absolute Gasteiger partial charge is 0.212 e. The molecule has 3 aromatic rings. The van der Waals surface area contributed by atoms with Gasteiger partial charge in [0.15, 0.2) is 0 Å². The normalized spacial score (nSPS) is 15.8. The predicted molar refractivity (Wildman–Crippen MR) is 111 cm³/mol. The molecule has 1 aliphatic rings. The Labute approximate surface area is 160 Å². The Bertz CT molecular complexity index is 1090. The topological polar surface area (TPSA) is 110 Å². The molecule has 0 spiro atoms. The van der Waals surface area contributed by atoms with E-state index in [9.17, 15) is 0 Å². The van der Waals surface area contributed by atoms with Crippen LogP contribution in [0.2, 0.25) is 0 Å². The quantitative estimate of drug-likeness (QED) is 0.476. The van der Waals surface area contributed by atoms with Gasteiger partial charge in [0.25, 0.3) is 0 Å². The van der Waals surface area contributed by atoms with Crippen molar-refractivity contribution in [2.45, 2.75) is 19.4 Å². The van der Waals surface area contributed by atoms with Crippen molar-refractivity contribution in [2.75, 3.05) is 0 Å². The lowest BCUT2D eigenvalue weighted by molar-refractivity contribution is 0.152. The lowest BCUT2D eigenvalue weighted by Gasteiger charge is -2.33. The first-order valence-electron chi connectivity index (χ1n) is 8.43. The molecule has 0 unspecified atom stereocenters. The van der Waals surface area contributed by atoms with E-state index in [1.54, 1.807) is 6.07 Å². The number of rotatable bonds is 3. The molecular weight excluding hydrogens is 358 g/mol. The lowest BCUT2D eigenvalue weighted by Crippen LogP contribution is -2.39. The number of amidine groups is 2. The van der Waals surface area contributed by atoms with Crippen molar-refractivity contribution in [3.63, 3.8) is 0 Å². The van der Waals surface area contributed by atoms with E-state index in [1.807, 2.05) is 56.3 Å². The van der Waals surface area contributed by atoms with E-state index in [0.29, 0.717) is 16.5 Å². The summed E-state index contributed by atoms with van der Waals surface area (Å²) >= 11 is 1.49. The largest absolute Gasteiger partial charge is 0.482 e. The third kappa shape index (κ3) is 3.17. The number of hydrogen-bond acceptors (Lipinski definition) is 5. The average molecular weight is 377 g/mol. The van der Waals surface area contributed by atoms with Crippen LogP contribution in [-0.2, 0) is 0 Å². The molecule has 4 rings (SSSR count). The van der Waals surface area contributed by atoms with Gasteiger partial charge in [0.05, 0.1) is 10.2 Å². The number of nitrogens with two attached hydrogens (primary N) is 2. The molecule has 0 bridgehead atoms. The van der Waals surface area contributed by atoms with E-state index in [0.717, 1.165) is 27.1 Å². The number of fused-ring (bicyclic) bond motifs is 2. The van der Waals surface area contributed by atoms with Crippen molar-refractivity contribution < 1.29 is 4.74 Å². The number of thiazole rings is 1. The maximum atomic E-state index is 7.63. The number of nitrogens with one attached hydrogen (secondary N) is 1. The Hall–Kier alpha value is -3.19. The van der Waals surface area contributed by atoms with Crippen molar-refractivity contribution in [3.05, 3.63) is 59.2 Å². The Balaban J connectivity index is 1.77. The summed E-state index contributed by atoms with van der Waals surface area (Å²) in [5.41, 5.74) is 14.4. The fraction of sp³-hybridized carbons (Fsp3) is 0.150. The van der Waals surface area contributed by atoms with E-state index < -0.39 is 5.60 Å². The minimum Gasteiger partial charge on any atom is -0.482 e. The van der Waals surface area contributed by atoms with Crippen LogP contribution in [0.15, 0.2) is 53.0 Å². The van der Waals surface area contributed by atoms with Crippen LogP contribution in [0.3, 0.4) is 0 Å². The molecule has 0 fully saturated rings. The molecule has 136 valence electrons. The van der Waals surface area contributed by atoms with Crippen LogP contribution >= 0.6 is 11.3 Å². The lowest BCUT2D eigenvalue weighted by atomic mass is 9.91. The number of para-hydroxylation sites is 1. The molecule has 0 saturated heterocycles. The van der Waals surface area contributed by atoms with Crippen LogP contribution in [0, 0.1) is 5.41 Å². The highest BCUT2D eigenvalue weighted by Gasteiger charge is 2.33. The van der Waals surface area contributed by atoms with Gasteiger partial charge in [0.1, 0.15) is 23.0 Å². The van der Waals surface area contributed by atoms with E-state index in [-0.39, 0.29) is 5.84 Å². The molecule has 0 saturated carbocycles. The zero-order valence-corrected chi connectivity index (χ0v) is 15.8. The van der Waals surface area contributed by atoms with E-state index in [4.69, 9.17) is 21.6 Å². The third-order valence-electron chi connectivity index (χ3n) is 4.41. The third-order valence-corrected chi connectivity index (χ3v) is 5.34. The van der Waals surface area contributed by atoms with Crippen LogP contribution in [-0.4, -0.2) is 22.3 Å². The molecular formula is C20H19N5OS. The van der Waals surface area contributed by atoms with Gasteiger partial charge in [-0.2, -0.15) is 0 Å². The Morgan fingerprint density at radius 1 is 1.19 bits per heavy atom. The summed E-state index contributed by atoms with van der Waals surface area (Å²) in [6, 6.07) is 13.3. The monoisotopic (exact) mass is 377 g/mol. The minimum atomic E-state index is -0.644. The number of aromatic nitrogens is 1. The van der Waals surface area contributed by atoms with Crippen LogP contribution in [0.4, 0.5) is 5.13 Å². The minimum absolute atomic E-state index is 0.00805. The fourth-order valence-electron chi connectivity index (χ4n) is 3.03. The Morgan fingerprint density at radius 3 is 2.70 bits per heavy atom. The first-order valence-corrected chi connectivity index (χ1v) is 9.25. The molecule has 27 heavy (non-hydrogen) atoms. The highest BCUT2D eigenvalue weighted by molar-refractivity contribution is 7.22. The second-order valence-corrected chi connectivity index (χ2v) is 7.81. The summed E-state index contributed by atoms with van der Waals surface area (Å²) in [6.07, 6.45) is 1.94. The maximum absolute atomic E-state index is 7.63. The molecule has 1 aromatic heterocycles. The molecule has 2 aromatic carbocycles. The fourth-order valence-corrected chi connectivity index (χ4v) is 3.88.